The van der Waals surface area contributed by atoms with Gasteiger partial charge in [-0.2, -0.15) is 0 Å². The molecule has 20 heavy (non-hydrogen) atoms. The second-order valence-electron chi connectivity index (χ2n) is 4.13. The fourth-order valence-electron chi connectivity index (χ4n) is 1.60. The molecule has 0 radical (unpaired) electrons. The Labute approximate surface area is 124 Å². The molecule has 0 saturated carbocycles. The van der Waals surface area contributed by atoms with E-state index in [1.165, 1.54) is 13.2 Å². The molecule has 1 amide bonds. The predicted octanol–water partition coefficient (Wildman–Crippen LogP) is 2.76. The number of halogens is 1. The third-order valence-corrected chi connectivity index (χ3v) is 3.05. The number of nitrogens with zero attached hydrogens (tertiary/aromatic N) is 1. The summed E-state index contributed by atoms with van der Waals surface area (Å²) in [6.45, 7) is 2.76. The van der Waals surface area contributed by atoms with Gasteiger partial charge in [-0.3, -0.25) is 9.59 Å². The molecular formula is C15H18ClNO3. The van der Waals surface area contributed by atoms with Gasteiger partial charge in [0, 0.05) is 24.2 Å². The summed E-state index contributed by atoms with van der Waals surface area (Å²) in [4.78, 5) is 24.6. The zero-order valence-corrected chi connectivity index (χ0v) is 12.4. The molecule has 5 heteroatoms. The van der Waals surface area contributed by atoms with Crippen LogP contribution in [-0.2, 0) is 14.3 Å². The summed E-state index contributed by atoms with van der Waals surface area (Å²) in [6, 6.07) is 7.19. The minimum atomic E-state index is -0.321. The summed E-state index contributed by atoms with van der Waals surface area (Å²) >= 11 is 5.79. The van der Waals surface area contributed by atoms with E-state index in [9.17, 15) is 9.59 Å². The van der Waals surface area contributed by atoms with E-state index in [0.29, 0.717) is 18.1 Å². The van der Waals surface area contributed by atoms with E-state index >= 15 is 0 Å². The van der Waals surface area contributed by atoms with Crippen LogP contribution in [0.2, 0.25) is 5.02 Å². The molecule has 0 heterocycles. The van der Waals surface area contributed by atoms with Crippen LogP contribution in [0.5, 0.6) is 0 Å². The highest BCUT2D eigenvalue weighted by atomic mass is 35.5. The average Bonchev–Trinajstić information content (AvgIpc) is 2.47. The van der Waals surface area contributed by atoms with Gasteiger partial charge in [-0.05, 0) is 30.7 Å². The standard InChI is InChI=1S/C15H18ClNO3/c1-3-17(11-10-15(19)20-2)14(18)9-6-12-4-7-13(16)8-5-12/h4-9H,3,10-11H2,1-2H3. The van der Waals surface area contributed by atoms with Crippen molar-refractivity contribution in [1.29, 1.82) is 0 Å². The number of rotatable bonds is 6. The van der Waals surface area contributed by atoms with Gasteiger partial charge >= 0.3 is 5.97 Å². The number of carbonyl (C=O) groups excluding carboxylic acids is 2. The van der Waals surface area contributed by atoms with Gasteiger partial charge < -0.3 is 9.64 Å². The van der Waals surface area contributed by atoms with Crippen molar-refractivity contribution in [3.05, 3.63) is 40.9 Å². The summed E-state index contributed by atoms with van der Waals surface area (Å²) in [5.74, 6) is -0.454. The molecule has 108 valence electrons. The first-order valence-corrected chi connectivity index (χ1v) is 6.74. The highest BCUT2D eigenvalue weighted by Crippen LogP contribution is 2.10. The van der Waals surface area contributed by atoms with Gasteiger partial charge in [0.15, 0.2) is 0 Å². The molecule has 0 N–H and O–H groups in total. The SMILES string of the molecule is CCN(CCC(=O)OC)C(=O)C=Cc1ccc(Cl)cc1. The van der Waals surface area contributed by atoms with Crippen LogP contribution in [0, 0.1) is 0 Å². The van der Waals surface area contributed by atoms with Gasteiger partial charge in [0.2, 0.25) is 5.91 Å². The van der Waals surface area contributed by atoms with Crippen molar-refractivity contribution in [2.45, 2.75) is 13.3 Å². The van der Waals surface area contributed by atoms with Crippen LogP contribution < -0.4 is 0 Å². The van der Waals surface area contributed by atoms with Crippen molar-refractivity contribution < 1.29 is 14.3 Å². The van der Waals surface area contributed by atoms with Crippen molar-refractivity contribution in [3.8, 4) is 0 Å². The molecule has 0 saturated heterocycles. The van der Waals surface area contributed by atoms with Crippen molar-refractivity contribution in [2.75, 3.05) is 20.2 Å². The molecule has 0 aliphatic carbocycles. The van der Waals surface area contributed by atoms with Crippen LogP contribution in [0.25, 0.3) is 6.08 Å². The lowest BCUT2D eigenvalue weighted by Gasteiger charge is -2.18. The first-order chi connectivity index (χ1) is 9.56. The van der Waals surface area contributed by atoms with E-state index in [2.05, 4.69) is 4.74 Å². The van der Waals surface area contributed by atoms with Gasteiger partial charge in [-0.15, -0.1) is 0 Å². The fourth-order valence-corrected chi connectivity index (χ4v) is 1.73. The summed E-state index contributed by atoms with van der Waals surface area (Å²) in [5, 5.41) is 0.654. The number of ether oxygens (including phenoxy) is 1. The van der Waals surface area contributed by atoms with E-state index in [1.54, 1.807) is 23.1 Å². The van der Waals surface area contributed by atoms with Crippen LogP contribution in [0.4, 0.5) is 0 Å². The summed E-state index contributed by atoms with van der Waals surface area (Å²) in [5.41, 5.74) is 0.895. The number of hydrogen-bond acceptors (Lipinski definition) is 3. The molecule has 0 aliphatic heterocycles. The smallest absolute Gasteiger partial charge is 0.307 e. The summed E-state index contributed by atoms with van der Waals surface area (Å²) in [7, 11) is 1.33. The quantitative estimate of drug-likeness (QED) is 0.599. The van der Waals surface area contributed by atoms with Gasteiger partial charge in [0.1, 0.15) is 0 Å². The number of likely N-dealkylation sites (N-methyl/N-ethyl adjacent to an activating group) is 1. The lowest BCUT2D eigenvalue weighted by atomic mass is 10.2. The fraction of sp³-hybridized carbons (Fsp3) is 0.333. The van der Waals surface area contributed by atoms with Crippen molar-refractivity contribution in [3.63, 3.8) is 0 Å². The Kier molecular flexibility index (Phi) is 6.81. The normalized spacial score (nSPS) is 10.6. The molecule has 0 bridgehead atoms. The Morgan fingerprint density at radius 2 is 1.95 bits per heavy atom. The summed E-state index contributed by atoms with van der Waals surface area (Å²) < 4.78 is 4.56. The highest BCUT2D eigenvalue weighted by molar-refractivity contribution is 6.30. The summed E-state index contributed by atoms with van der Waals surface area (Å²) in [6.07, 6.45) is 3.41. The van der Waals surface area contributed by atoms with E-state index in [-0.39, 0.29) is 18.3 Å². The van der Waals surface area contributed by atoms with Crippen LogP contribution in [0.3, 0.4) is 0 Å². The Morgan fingerprint density at radius 3 is 2.50 bits per heavy atom. The Bertz CT molecular complexity index is 482. The lowest BCUT2D eigenvalue weighted by Crippen LogP contribution is -2.31. The maximum atomic E-state index is 12.0. The molecule has 1 aromatic carbocycles. The molecule has 1 aromatic rings. The predicted molar refractivity (Wildman–Crippen MR) is 79.4 cm³/mol. The van der Waals surface area contributed by atoms with E-state index in [4.69, 9.17) is 11.6 Å². The number of benzene rings is 1. The van der Waals surface area contributed by atoms with Gasteiger partial charge in [0.05, 0.1) is 13.5 Å². The molecule has 0 aliphatic rings. The molecule has 0 atom stereocenters. The third kappa shape index (κ3) is 5.45. The van der Waals surface area contributed by atoms with Crippen molar-refractivity contribution in [1.82, 2.24) is 4.90 Å². The Morgan fingerprint density at radius 1 is 1.30 bits per heavy atom. The molecule has 0 fully saturated rings. The van der Waals surface area contributed by atoms with Gasteiger partial charge in [-0.25, -0.2) is 0 Å². The maximum absolute atomic E-state index is 12.0. The van der Waals surface area contributed by atoms with E-state index in [0.717, 1.165) is 5.56 Å². The van der Waals surface area contributed by atoms with Crippen LogP contribution in [0.1, 0.15) is 18.9 Å². The monoisotopic (exact) mass is 295 g/mol. The molecule has 0 aromatic heterocycles. The Balaban J connectivity index is 2.58. The largest absolute Gasteiger partial charge is 0.469 e. The minimum absolute atomic E-state index is 0.133. The number of esters is 1. The average molecular weight is 296 g/mol. The molecule has 4 nitrogen and oxygen atoms in total. The molecule has 0 spiro atoms. The maximum Gasteiger partial charge on any atom is 0.307 e. The first-order valence-electron chi connectivity index (χ1n) is 6.36. The van der Waals surface area contributed by atoms with Crippen LogP contribution in [-0.4, -0.2) is 37.0 Å². The first kappa shape index (κ1) is 16.2. The third-order valence-electron chi connectivity index (χ3n) is 2.80. The molecule has 1 rings (SSSR count). The van der Waals surface area contributed by atoms with Gasteiger partial charge in [0.25, 0.3) is 0 Å². The highest BCUT2D eigenvalue weighted by Gasteiger charge is 2.10. The van der Waals surface area contributed by atoms with Crippen LogP contribution in [0.15, 0.2) is 30.3 Å². The number of hydrogen-bond donors (Lipinski definition) is 0. The van der Waals surface area contributed by atoms with Crippen LogP contribution >= 0.6 is 11.6 Å². The Hall–Kier alpha value is -1.81. The number of amides is 1. The van der Waals surface area contributed by atoms with Gasteiger partial charge in [-0.1, -0.05) is 23.7 Å². The van der Waals surface area contributed by atoms with E-state index in [1.807, 2.05) is 19.1 Å². The number of methoxy groups -OCH3 is 1. The minimum Gasteiger partial charge on any atom is -0.469 e. The van der Waals surface area contributed by atoms with Crippen molar-refractivity contribution >= 4 is 29.6 Å². The lowest BCUT2D eigenvalue weighted by molar-refractivity contribution is -0.141. The second kappa shape index (κ2) is 8.38. The number of carbonyl (C=O) groups is 2. The van der Waals surface area contributed by atoms with E-state index < -0.39 is 0 Å². The molecule has 0 unspecified atom stereocenters. The zero-order valence-electron chi connectivity index (χ0n) is 11.6. The molecular weight excluding hydrogens is 278 g/mol. The topological polar surface area (TPSA) is 46.6 Å². The second-order valence-corrected chi connectivity index (χ2v) is 4.57. The zero-order chi connectivity index (χ0) is 15.0. The van der Waals surface area contributed by atoms with Crippen molar-refractivity contribution in [2.24, 2.45) is 0 Å².